The molecular weight excluding hydrogens is 238 g/mol. The van der Waals surface area contributed by atoms with E-state index in [0.717, 1.165) is 18.5 Å². The summed E-state index contributed by atoms with van der Waals surface area (Å²) in [6.07, 6.45) is 2.65. The molecule has 1 aliphatic rings. The predicted octanol–water partition coefficient (Wildman–Crippen LogP) is 1.98. The highest BCUT2D eigenvalue weighted by Crippen LogP contribution is 2.24. The van der Waals surface area contributed by atoms with Gasteiger partial charge in [-0.3, -0.25) is 4.79 Å². The van der Waals surface area contributed by atoms with Crippen molar-refractivity contribution in [3.8, 4) is 0 Å². The quantitative estimate of drug-likeness (QED) is 0.793. The average Bonchev–Trinajstić information content (AvgIpc) is 2.70. The van der Waals surface area contributed by atoms with E-state index in [-0.39, 0.29) is 11.9 Å². The summed E-state index contributed by atoms with van der Waals surface area (Å²) in [6.45, 7) is 4.86. The van der Waals surface area contributed by atoms with Crippen LogP contribution in [0.3, 0.4) is 0 Å². The number of nitrogens with one attached hydrogen (secondary N) is 2. The molecule has 0 aliphatic carbocycles. The zero-order valence-corrected chi connectivity index (χ0v) is 10.7. The first kappa shape index (κ1) is 12.3. The fourth-order valence-electron chi connectivity index (χ4n) is 2.06. The molecule has 92 valence electrons. The van der Waals surface area contributed by atoms with E-state index in [1.165, 1.54) is 0 Å². The molecule has 2 heterocycles. The lowest BCUT2D eigenvalue weighted by molar-refractivity contribution is -0.118. The SMILES string of the molecule is Cc1ccnc(Cl)c1NC(=O)C1NCCC1C. The molecule has 0 aromatic carbocycles. The number of amides is 1. The minimum absolute atomic E-state index is 0.0343. The van der Waals surface area contributed by atoms with Gasteiger partial charge >= 0.3 is 0 Å². The maximum absolute atomic E-state index is 12.1. The van der Waals surface area contributed by atoms with Crippen molar-refractivity contribution in [2.75, 3.05) is 11.9 Å². The second-order valence-electron chi connectivity index (χ2n) is 4.48. The van der Waals surface area contributed by atoms with E-state index in [2.05, 4.69) is 22.5 Å². The lowest BCUT2D eigenvalue weighted by Gasteiger charge is -2.16. The molecule has 1 aliphatic heterocycles. The van der Waals surface area contributed by atoms with Crippen molar-refractivity contribution in [1.29, 1.82) is 0 Å². The fourth-order valence-corrected chi connectivity index (χ4v) is 2.31. The first-order valence-corrected chi connectivity index (χ1v) is 6.12. The van der Waals surface area contributed by atoms with Gasteiger partial charge in [0.1, 0.15) is 0 Å². The Morgan fingerprint density at radius 2 is 2.41 bits per heavy atom. The van der Waals surface area contributed by atoms with E-state index in [4.69, 9.17) is 11.6 Å². The Kier molecular flexibility index (Phi) is 3.64. The predicted molar refractivity (Wildman–Crippen MR) is 68.2 cm³/mol. The molecule has 2 N–H and O–H groups in total. The summed E-state index contributed by atoms with van der Waals surface area (Å²) in [4.78, 5) is 16.0. The summed E-state index contributed by atoms with van der Waals surface area (Å²) >= 11 is 5.97. The average molecular weight is 254 g/mol. The Balaban J connectivity index is 2.13. The Morgan fingerprint density at radius 1 is 1.65 bits per heavy atom. The number of pyridine rings is 1. The molecule has 2 rings (SSSR count). The summed E-state index contributed by atoms with van der Waals surface area (Å²) in [6, 6.07) is 1.69. The normalized spacial score (nSPS) is 23.7. The molecule has 0 bridgehead atoms. The van der Waals surface area contributed by atoms with Gasteiger partial charge in [-0.2, -0.15) is 0 Å². The van der Waals surface area contributed by atoms with Gasteiger partial charge in [-0.25, -0.2) is 4.98 Å². The fraction of sp³-hybridized carbons (Fsp3) is 0.500. The van der Waals surface area contributed by atoms with Crippen LogP contribution in [-0.2, 0) is 4.79 Å². The zero-order valence-electron chi connectivity index (χ0n) is 9.96. The third kappa shape index (κ3) is 2.58. The zero-order chi connectivity index (χ0) is 12.4. The first-order valence-electron chi connectivity index (χ1n) is 5.75. The van der Waals surface area contributed by atoms with Gasteiger partial charge in [0, 0.05) is 6.20 Å². The summed E-state index contributed by atoms with van der Waals surface area (Å²) < 4.78 is 0. The molecule has 1 saturated heterocycles. The van der Waals surface area contributed by atoms with E-state index in [1.54, 1.807) is 6.20 Å². The molecule has 0 saturated carbocycles. The molecule has 17 heavy (non-hydrogen) atoms. The minimum Gasteiger partial charge on any atom is -0.322 e. The number of anilines is 1. The first-order chi connectivity index (χ1) is 8.09. The molecule has 1 aromatic rings. The van der Waals surface area contributed by atoms with Crippen molar-refractivity contribution < 1.29 is 4.79 Å². The summed E-state index contributed by atoms with van der Waals surface area (Å²) in [5.41, 5.74) is 1.53. The van der Waals surface area contributed by atoms with Gasteiger partial charge in [0.2, 0.25) is 5.91 Å². The van der Waals surface area contributed by atoms with Crippen molar-refractivity contribution in [2.45, 2.75) is 26.3 Å². The highest BCUT2D eigenvalue weighted by Gasteiger charge is 2.29. The standard InChI is InChI=1S/C12H16ClN3O/c1-7-4-6-15-11(13)9(7)16-12(17)10-8(2)3-5-14-10/h4,6,8,10,14H,3,5H2,1-2H3,(H,16,17). The molecule has 1 fully saturated rings. The molecule has 1 aromatic heterocycles. The lowest BCUT2D eigenvalue weighted by atomic mass is 10.0. The van der Waals surface area contributed by atoms with Crippen molar-refractivity contribution in [3.05, 3.63) is 23.0 Å². The molecule has 1 amide bonds. The van der Waals surface area contributed by atoms with Crippen LogP contribution in [0.2, 0.25) is 5.15 Å². The molecule has 4 nitrogen and oxygen atoms in total. The number of rotatable bonds is 2. The largest absolute Gasteiger partial charge is 0.322 e. The number of hydrogen-bond acceptors (Lipinski definition) is 3. The van der Waals surface area contributed by atoms with E-state index >= 15 is 0 Å². The smallest absolute Gasteiger partial charge is 0.241 e. The van der Waals surface area contributed by atoms with Crippen molar-refractivity contribution >= 4 is 23.2 Å². The summed E-state index contributed by atoms with van der Waals surface area (Å²) in [7, 11) is 0. The van der Waals surface area contributed by atoms with Crippen LogP contribution in [0.15, 0.2) is 12.3 Å². The van der Waals surface area contributed by atoms with Gasteiger partial charge in [-0.1, -0.05) is 18.5 Å². The van der Waals surface area contributed by atoms with Gasteiger partial charge in [0.05, 0.1) is 11.7 Å². The highest BCUT2D eigenvalue weighted by atomic mass is 35.5. The molecular formula is C12H16ClN3O. The molecule has 2 atom stereocenters. The second kappa shape index (κ2) is 5.02. The number of carbonyl (C=O) groups excluding carboxylic acids is 1. The van der Waals surface area contributed by atoms with E-state index < -0.39 is 0 Å². The van der Waals surface area contributed by atoms with Crippen molar-refractivity contribution in [2.24, 2.45) is 5.92 Å². The number of hydrogen-bond donors (Lipinski definition) is 2. The Bertz CT molecular complexity index is 416. The van der Waals surface area contributed by atoms with E-state index in [1.807, 2.05) is 13.0 Å². The van der Waals surface area contributed by atoms with Crippen LogP contribution in [-0.4, -0.2) is 23.5 Å². The number of nitrogens with zero attached hydrogens (tertiary/aromatic N) is 1. The highest BCUT2D eigenvalue weighted by molar-refractivity contribution is 6.32. The Labute approximate surface area is 106 Å². The molecule has 0 spiro atoms. The number of carbonyl (C=O) groups is 1. The maximum Gasteiger partial charge on any atom is 0.241 e. The van der Waals surface area contributed by atoms with Gasteiger partial charge in [0.15, 0.2) is 5.15 Å². The monoisotopic (exact) mass is 253 g/mol. The third-order valence-electron chi connectivity index (χ3n) is 3.18. The molecule has 5 heteroatoms. The van der Waals surface area contributed by atoms with Crippen LogP contribution in [0.1, 0.15) is 18.9 Å². The summed E-state index contributed by atoms with van der Waals surface area (Å²) in [5, 5.41) is 6.38. The van der Waals surface area contributed by atoms with Gasteiger partial charge < -0.3 is 10.6 Å². The van der Waals surface area contributed by atoms with Crippen LogP contribution < -0.4 is 10.6 Å². The van der Waals surface area contributed by atoms with Gasteiger partial charge in [0.25, 0.3) is 0 Å². The van der Waals surface area contributed by atoms with Crippen molar-refractivity contribution in [3.63, 3.8) is 0 Å². The Morgan fingerprint density at radius 3 is 3.00 bits per heavy atom. The lowest BCUT2D eigenvalue weighted by Crippen LogP contribution is -2.39. The molecule has 2 unspecified atom stereocenters. The topological polar surface area (TPSA) is 54.0 Å². The third-order valence-corrected chi connectivity index (χ3v) is 3.46. The van der Waals surface area contributed by atoms with Crippen LogP contribution >= 0.6 is 11.6 Å². The van der Waals surface area contributed by atoms with Gasteiger partial charge in [-0.05, 0) is 37.4 Å². The van der Waals surface area contributed by atoms with Gasteiger partial charge in [-0.15, -0.1) is 0 Å². The number of halogens is 1. The molecule has 0 radical (unpaired) electrons. The van der Waals surface area contributed by atoms with E-state index in [0.29, 0.717) is 16.8 Å². The second-order valence-corrected chi connectivity index (χ2v) is 4.84. The Hall–Kier alpha value is -1.13. The summed E-state index contributed by atoms with van der Waals surface area (Å²) in [5.74, 6) is 0.318. The number of aryl methyl sites for hydroxylation is 1. The number of aromatic nitrogens is 1. The van der Waals surface area contributed by atoms with Crippen molar-refractivity contribution in [1.82, 2.24) is 10.3 Å². The maximum atomic E-state index is 12.1. The minimum atomic E-state index is -0.134. The van der Waals surface area contributed by atoms with Crippen LogP contribution in [0.25, 0.3) is 0 Å². The van der Waals surface area contributed by atoms with Crippen LogP contribution in [0.5, 0.6) is 0 Å². The van der Waals surface area contributed by atoms with Crippen LogP contribution in [0.4, 0.5) is 5.69 Å². The van der Waals surface area contributed by atoms with Crippen LogP contribution in [0, 0.1) is 12.8 Å². The van der Waals surface area contributed by atoms with E-state index in [9.17, 15) is 4.79 Å².